The summed E-state index contributed by atoms with van der Waals surface area (Å²) in [6.07, 6.45) is -3.40. The zero-order valence-electron chi connectivity index (χ0n) is 15.2. The maximum atomic E-state index is 13.3. The van der Waals surface area contributed by atoms with E-state index in [-0.39, 0.29) is 39.8 Å². The van der Waals surface area contributed by atoms with Crippen LogP contribution in [-0.4, -0.2) is 9.36 Å². The van der Waals surface area contributed by atoms with Crippen molar-refractivity contribution in [3.8, 4) is 0 Å². The Morgan fingerprint density at radius 2 is 1.85 bits per heavy atom. The van der Waals surface area contributed by atoms with Crippen LogP contribution < -0.4 is 5.56 Å². The predicted molar refractivity (Wildman–Crippen MR) is 91.1 cm³/mol. The van der Waals surface area contributed by atoms with Crippen molar-refractivity contribution >= 4 is 0 Å². The Bertz CT molecular complexity index is 1030. The number of hydrogen-bond donors (Lipinski definition) is 0. The van der Waals surface area contributed by atoms with Gasteiger partial charge in [-0.25, -0.2) is 4.68 Å². The molecule has 0 aliphatic heterocycles. The van der Waals surface area contributed by atoms with E-state index in [4.69, 9.17) is 0 Å². The SMILES string of the molecule is Cn1c2c(c(=O)n1Cc1ccccc1C(F)(F)F)C1CC13C(C)(C)[C@@]23C. The van der Waals surface area contributed by atoms with E-state index in [0.717, 1.165) is 23.7 Å². The molecule has 1 spiro atoms. The number of rotatable bonds is 2. The third-order valence-corrected chi connectivity index (χ3v) is 8.03. The van der Waals surface area contributed by atoms with Crippen LogP contribution in [0.2, 0.25) is 0 Å². The molecule has 3 nitrogen and oxygen atoms in total. The van der Waals surface area contributed by atoms with Crippen LogP contribution in [-0.2, 0) is 25.2 Å². The topological polar surface area (TPSA) is 26.9 Å². The summed E-state index contributed by atoms with van der Waals surface area (Å²) >= 11 is 0. The number of halogens is 3. The molecular weight excluding hydrogens is 341 g/mol. The first-order valence-corrected chi connectivity index (χ1v) is 8.95. The number of hydrogen-bond acceptors (Lipinski definition) is 1. The summed E-state index contributed by atoms with van der Waals surface area (Å²) in [6, 6.07) is 5.50. The van der Waals surface area contributed by atoms with Crippen LogP contribution in [0.25, 0.3) is 0 Å². The molecule has 0 bridgehead atoms. The minimum Gasteiger partial charge on any atom is -0.289 e. The molecule has 138 valence electrons. The normalized spacial score (nSPS) is 32.8. The highest BCUT2D eigenvalue weighted by Crippen LogP contribution is 2.97. The lowest BCUT2D eigenvalue weighted by atomic mass is 9.91. The van der Waals surface area contributed by atoms with Gasteiger partial charge >= 0.3 is 6.18 Å². The van der Waals surface area contributed by atoms with Crippen LogP contribution in [0.4, 0.5) is 13.2 Å². The molecule has 1 aromatic carbocycles. The van der Waals surface area contributed by atoms with E-state index in [0.29, 0.717) is 0 Å². The van der Waals surface area contributed by atoms with Crippen molar-refractivity contribution < 1.29 is 13.2 Å². The second kappa shape index (κ2) is 4.12. The first kappa shape index (κ1) is 16.2. The lowest BCUT2D eigenvalue weighted by Crippen LogP contribution is -2.26. The Morgan fingerprint density at radius 3 is 2.50 bits per heavy atom. The molecule has 0 amide bonds. The van der Waals surface area contributed by atoms with Gasteiger partial charge in [-0.05, 0) is 34.8 Å². The molecule has 0 N–H and O–H groups in total. The summed E-state index contributed by atoms with van der Waals surface area (Å²) in [5, 5.41) is 0. The monoisotopic (exact) mass is 362 g/mol. The van der Waals surface area contributed by atoms with E-state index < -0.39 is 11.7 Å². The molecule has 1 aromatic heterocycles. The van der Waals surface area contributed by atoms with Crippen molar-refractivity contribution in [3.63, 3.8) is 0 Å². The predicted octanol–water partition coefficient (Wildman–Crippen LogP) is 4.04. The number of nitrogens with zero attached hydrogens (tertiary/aromatic N) is 2. The van der Waals surface area contributed by atoms with Crippen LogP contribution >= 0.6 is 0 Å². The van der Waals surface area contributed by atoms with E-state index >= 15 is 0 Å². The van der Waals surface area contributed by atoms with Crippen molar-refractivity contribution in [2.24, 2.45) is 17.9 Å². The van der Waals surface area contributed by atoms with Crippen molar-refractivity contribution in [3.05, 3.63) is 57.0 Å². The second-order valence-electron chi connectivity index (χ2n) is 8.78. The maximum absolute atomic E-state index is 13.3. The van der Waals surface area contributed by atoms with Gasteiger partial charge in [0.15, 0.2) is 0 Å². The summed E-state index contributed by atoms with van der Waals surface area (Å²) in [5.41, 5.74) is 1.50. The standard InChI is InChI=1S/C20H21F3N2O/c1-17(2)18(3)15-14(13-9-19(13,17)18)16(26)25(24(15)4)10-11-7-5-6-8-12(11)20(21,22)23/h5-8,13H,9-10H2,1-4H3/t13?,18-,19?/m1/s1. The van der Waals surface area contributed by atoms with E-state index in [2.05, 4.69) is 20.8 Å². The van der Waals surface area contributed by atoms with Crippen molar-refractivity contribution in [2.45, 2.75) is 51.2 Å². The Balaban J connectivity index is 1.64. The van der Waals surface area contributed by atoms with Gasteiger partial charge in [-0.3, -0.25) is 9.48 Å². The van der Waals surface area contributed by atoms with E-state index in [1.807, 2.05) is 11.7 Å². The third-order valence-electron chi connectivity index (χ3n) is 8.03. The van der Waals surface area contributed by atoms with E-state index in [1.54, 1.807) is 6.07 Å². The molecule has 0 saturated heterocycles. The highest BCUT2D eigenvalue weighted by Gasteiger charge is 2.95. The Hall–Kier alpha value is -1.98. The average Bonchev–Trinajstić information content (AvgIpc) is 3.31. The van der Waals surface area contributed by atoms with Crippen molar-refractivity contribution in [1.29, 1.82) is 0 Å². The highest BCUT2D eigenvalue weighted by atomic mass is 19.4. The van der Waals surface area contributed by atoms with Crippen molar-refractivity contribution in [2.75, 3.05) is 0 Å². The first-order chi connectivity index (χ1) is 12.0. The summed E-state index contributed by atoms with van der Waals surface area (Å²) in [6.45, 7) is 6.65. The molecular formula is C20H21F3N2O. The smallest absolute Gasteiger partial charge is 0.289 e. The van der Waals surface area contributed by atoms with Crippen molar-refractivity contribution in [1.82, 2.24) is 9.36 Å². The lowest BCUT2D eigenvalue weighted by Gasteiger charge is -2.19. The molecule has 3 aliphatic carbocycles. The fourth-order valence-electron chi connectivity index (χ4n) is 6.45. The molecule has 2 saturated carbocycles. The molecule has 5 rings (SSSR count). The van der Waals surface area contributed by atoms with Gasteiger partial charge in [-0.1, -0.05) is 39.0 Å². The van der Waals surface area contributed by atoms with Gasteiger partial charge in [-0.15, -0.1) is 0 Å². The minimum atomic E-state index is -4.43. The van der Waals surface area contributed by atoms with Crippen LogP contribution in [0.15, 0.2) is 29.1 Å². The molecule has 3 atom stereocenters. The van der Waals surface area contributed by atoms with E-state index in [9.17, 15) is 18.0 Å². The van der Waals surface area contributed by atoms with E-state index in [1.165, 1.54) is 16.8 Å². The molecule has 2 unspecified atom stereocenters. The van der Waals surface area contributed by atoms with Crippen LogP contribution in [0.3, 0.4) is 0 Å². The molecule has 2 fully saturated rings. The summed E-state index contributed by atoms with van der Waals surface area (Å²) < 4.78 is 43.3. The van der Waals surface area contributed by atoms with Gasteiger partial charge in [0.25, 0.3) is 5.56 Å². The zero-order chi connectivity index (χ0) is 18.9. The molecule has 26 heavy (non-hydrogen) atoms. The zero-order valence-corrected chi connectivity index (χ0v) is 15.2. The second-order valence-corrected chi connectivity index (χ2v) is 8.78. The van der Waals surface area contributed by atoms with Gasteiger partial charge < -0.3 is 0 Å². The Labute approximate surface area is 149 Å². The summed E-state index contributed by atoms with van der Waals surface area (Å²) in [7, 11) is 1.81. The van der Waals surface area contributed by atoms with Crippen LogP contribution in [0.1, 0.15) is 55.5 Å². The average molecular weight is 362 g/mol. The number of aromatic nitrogens is 2. The van der Waals surface area contributed by atoms with Gasteiger partial charge in [-0.2, -0.15) is 13.2 Å². The summed E-state index contributed by atoms with van der Waals surface area (Å²) in [5.74, 6) is 0.273. The van der Waals surface area contributed by atoms with Gasteiger partial charge in [0, 0.05) is 18.0 Å². The fraction of sp³-hybridized carbons (Fsp3) is 0.550. The van der Waals surface area contributed by atoms with Crippen LogP contribution in [0.5, 0.6) is 0 Å². The molecule has 6 heteroatoms. The first-order valence-electron chi connectivity index (χ1n) is 8.95. The van der Waals surface area contributed by atoms with Gasteiger partial charge in [0.2, 0.25) is 0 Å². The number of fused-ring (bicyclic) bond motifs is 3. The largest absolute Gasteiger partial charge is 0.416 e. The Morgan fingerprint density at radius 1 is 1.19 bits per heavy atom. The minimum absolute atomic E-state index is 0.0529. The molecule has 3 aliphatic rings. The number of benzene rings is 1. The molecule has 2 aromatic rings. The Kier molecular flexibility index (Phi) is 2.57. The summed E-state index contributed by atoms with van der Waals surface area (Å²) in [4.78, 5) is 13.1. The molecule has 0 radical (unpaired) electrons. The van der Waals surface area contributed by atoms with Gasteiger partial charge in [0.05, 0.1) is 17.8 Å². The quantitative estimate of drug-likeness (QED) is 0.792. The maximum Gasteiger partial charge on any atom is 0.416 e. The fourth-order valence-corrected chi connectivity index (χ4v) is 6.45. The lowest BCUT2D eigenvalue weighted by molar-refractivity contribution is -0.138. The molecule has 1 heterocycles. The third kappa shape index (κ3) is 1.41. The number of alkyl halides is 3. The van der Waals surface area contributed by atoms with Crippen LogP contribution in [0, 0.1) is 10.8 Å². The highest BCUT2D eigenvalue weighted by molar-refractivity contribution is 5.63. The van der Waals surface area contributed by atoms with Gasteiger partial charge in [0.1, 0.15) is 0 Å².